The number of halogens is 1. The molecule has 112 valence electrons. The lowest BCUT2D eigenvalue weighted by atomic mass is 9.93. The van der Waals surface area contributed by atoms with E-state index < -0.39 is 0 Å². The van der Waals surface area contributed by atoms with Crippen molar-refractivity contribution in [1.82, 2.24) is 4.98 Å². The largest absolute Gasteiger partial charge is 0.261 e. The van der Waals surface area contributed by atoms with Gasteiger partial charge in [-0.25, -0.2) is 4.39 Å². The van der Waals surface area contributed by atoms with Crippen LogP contribution in [0.5, 0.6) is 0 Å². The number of fused-ring (bicyclic) bond motifs is 2. The number of hydrogen-bond donors (Lipinski definition) is 0. The Kier molecular flexibility index (Phi) is 3.51. The molecule has 1 nitrogen and oxygen atoms in total. The Morgan fingerprint density at radius 1 is 0.870 bits per heavy atom. The summed E-state index contributed by atoms with van der Waals surface area (Å²) in [6, 6.07) is 19.4. The monoisotopic (exact) mass is 301 g/mol. The fourth-order valence-corrected chi connectivity index (χ4v) is 3.18. The highest BCUT2D eigenvalue weighted by atomic mass is 19.1. The Hall–Kier alpha value is -2.74. The molecule has 1 aliphatic carbocycles. The number of nitrogens with zero attached hydrogens (tertiary/aromatic N) is 1. The SMILES string of the molecule is Fc1ccc2c(c1)CCc1ncccc1/C2=C/c1ccccc1. The van der Waals surface area contributed by atoms with Gasteiger partial charge in [-0.2, -0.15) is 0 Å². The molecule has 0 radical (unpaired) electrons. The van der Waals surface area contributed by atoms with Crippen molar-refractivity contribution in [3.63, 3.8) is 0 Å². The van der Waals surface area contributed by atoms with Crippen LogP contribution in [0, 0.1) is 5.82 Å². The minimum absolute atomic E-state index is 0.179. The van der Waals surface area contributed by atoms with Gasteiger partial charge in [0, 0.05) is 17.5 Å². The van der Waals surface area contributed by atoms with E-state index in [2.05, 4.69) is 29.3 Å². The van der Waals surface area contributed by atoms with Gasteiger partial charge in [-0.15, -0.1) is 0 Å². The summed E-state index contributed by atoms with van der Waals surface area (Å²) in [6.07, 6.45) is 5.64. The lowest BCUT2D eigenvalue weighted by Gasteiger charge is -2.11. The highest BCUT2D eigenvalue weighted by Gasteiger charge is 2.19. The molecule has 1 aromatic heterocycles. The fourth-order valence-electron chi connectivity index (χ4n) is 3.18. The Balaban J connectivity index is 1.97. The second kappa shape index (κ2) is 5.81. The highest BCUT2D eigenvalue weighted by molar-refractivity contribution is 5.93. The maximum absolute atomic E-state index is 13.7. The quantitative estimate of drug-likeness (QED) is 0.622. The third kappa shape index (κ3) is 2.68. The summed E-state index contributed by atoms with van der Waals surface area (Å²) < 4.78 is 13.7. The van der Waals surface area contributed by atoms with E-state index >= 15 is 0 Å². The first-order valence-corrected chi connectivity index (χ1v) is 7.81. The van der Waals surface area contributed by atoms with E-state index in [4.69, 9.17) is 0 Å². The van der Waals surface area contributed by atoms with Crippen LogP contribution < -0.4 is 0 Å². The van der Waals surface area contributed by atoms with E-state index in [1.165, 1.54) is 0 Å². The number of aromatic nitrogens is 1. The molecule has 23 heavy (non-hydrogen) atoms. The maximum atomic E-state index is 13.7. The predicted molar refractivity (Wildman–Crippen MR) is 91.5 cm³/mol. The van der Waals surface area contributed by atoms with Crippen LogP contribution in [0.25, 0.3) is 11.6 Å². The number of benzene rings is 2. The second-order valence-corrected chi connectivity index (χ2v) is 5.77. The summed E-state index contributed by atoms with van der Waals surface area (Å²) in [5.74, 6) is -0.179. The molecule has 0 bridgehead atoms. The van der Waals surface area contributed by atoms with Crippen LogP contribution in [0.3, 0.4) is 0 Å². The molecule has 4 rings (SSSR count). The molecule has 0 N–H and O–H groups in total. The molecule has 0 fully saturated rings. The molecule has 0 atom stereocenters. The van der Waals surface area contributed by atoms with Crippen LogP contribution in [0.4, 0.5) is 4.39 Å². The standard InChI is InChI=1S/C21H16FN/c22-17-9-10-18-16(14-17)8-11-21-19(7-4-12-23-21)20(18)13-15-5-2-1-3-6-15/h1-7,9-10,12-14H,8,11H2/b20-13+. The van der Waals surface area contributed by atoms with E-state index in [1.54, 1.807) is 12.1 Å². The van der Waals surface area contributed by atoms with Crippen molar-refractivity contribution in [2.24, 2.45) is 0 Å². The van der Waals surface area contributed by atoms with Crippen molar-refractivity contribution in [1.29, 1.82) is 0 Å². The van der Waals surface area contributed by atoms with Gasteiger partial charge in [-0.05, 0) is 59.4 Å². The minimum Gasteiger partial charge on any atom is -0.261 e. The predicted octanol–water partition coefficient (Wildman–Crippen LogP) is 4.91. The summed E-state index contributed by atoms with van der Waals surface area (Å²) >= 11 is 0. The Morgan fingerprint density at radius 2 is 1.74 bits per heavy atom. The summed E-state index contributed by atoms with van der Waals surface area (Å²) in [5, 5.41) is 0. The average molecular weight is 301 g/mol. The molecule has 0 saturated heterocycles. The van der Waals surface area contributed by atoms with E-state index in [1.807, 2.05) is 36.5 Å². The van der Waals surface area contributed by atoms with Gasteiger partial charge in [0.05, 0.1) is 0 Å². The molecule has 1 heterocycles. The summed E-state index contributed by atoms with van der Waals surface area (Å²) in [4.78, 5) is 4.54. The Bertz CT molecular complexity index is 881. The maximum Gasteiger partial charge on any atom is 0.123 e. The van der Waals surface area contributed by atoms with Crippen molar-refractivity contribution in [2.45, 2.75) is 12.8 Å². The van der Waals surface area contributed by atoms with Crippen molar-refractivity contribution >= 4 is 11.6 Å². The summed E-state index contributed by atoms with van der Waals surface area (Å²) in [7, 11) is 0. The smallest absolute Gasteiger partial charge is 0.123 e. The van der Waals surface area contributed by atoms with Crippen LogP contribution in [-0.2, 0) is 12.8 Å². The van der Waals surface area contributed by atoms with Crippen LogP contribution in [0.15, 0.2) is 66.9 Å². The topological polar surface area (TPSA) is 12.9 Å². The molecule has 3 aromatic rings. The van der Waals surface area contributed by atoms with Gasteiger partial charge in [0.15, 0.2) is 0 Å². The Morgan fingerprint density at radius 3 is 2.61 bits per heavy atom. The van der Waals surface area contributed by atoms with Gasteiger partial charge in [0.25, 0.3) is 0 Å². The molecular weight excluding hydrogens is 285 g/mol. The van der Waals surface area contributed by atoms with Gasteiger partial charge in [0.2, 0.25) is 0 Å². The molecule has 1 aliphatic rings. The van der Waals surface area contributed by atoms with E-state index in [-0.39, 0.29) is 5.82 Å². The number of aryl methyl sites for hydroxylation is 2. The van der Waals surface area contributed by atoms with Crippen LogP contribution >= 0.6 is 0 Å². The zero-order chi connectivity index (χ0) is 15.6. The molecule has 0 spiro atoms. The first kappa shape index (κ1) is 13.9. The first-order chi connectivity index (χ1) is 11.3. The average Bonchev–Trinajstić information content (AvgIpc) is 2.73. The molecule has 0 amide bonds. The zero-order valence-corrected chi connectivity index (χ0v) is 12.7. The van der Waals surface area contributed by atoms with Crippen molar-refractivity contribution < 1.29 is 4.39 Å². The van der Waals surface area contributed by atoms with Crippen LogP contribution in [0.2, 0.25) is 0 Å². The van der Waals surface area contributed by atoms with Crippen LogP contribution in [-0.4, -0.2) is 4.98 Å². The van der Waals surface area contributed by atoms with Gasteiger partial charge in [-0.1, -0.05) is 42.5 Å². The normalized spacial score (nSPS) is 14.9. The van der Waals surface area contributed by atoms with Gasteiger partial charge in [0.1, 0.15) is 5.82 Å². The minimum atomic E-state index is -0.179. The number of hydrogen-bond acceptors (Lipinski definition) is 1. The lowest BCUT2D eigenvalue weighted by molar-refractivity contribution is 0.625. The van der Waals surface area contributed by atoms with Gasteiger partial charge in [-0.3, -0.25) is 4.98 Å². The third-order valence-corrected chi connectivity index (χ3v) is 4.28. The highest BCUT2D eigenvalue weighted by Crippen LogP contribution is 2.34. The number of pyridine rings is 1. The first-order valence-electron chi connectivity index (χ1n) is 7.81. The Labute approximate surface area is 135 Å². The summed E-state index contributed by atoms with van der Waals surface area (Å²) in [6.45, 7) is 0. The molecule has 2 aromatic carbocycles. The third-order valence-electron chi connectivity index (χ3n) is 4.28. The zero-order valence-electron chi connectivity index (χ0n) is 12.7. The van der Waals surface area contributed by atoms with Gasteiger partial charge >= 0.3 is 0 Å². The van der Waals surface area contributed by atoms with Crippen molar-refractivity contribution in [3.8, 4) is 0 Å². The molecule has 0 saturated carbocycles. The molecule has 0 aliphatic heterocycles. The van der Waals surface area contributed by atoms with E-state index in [0.717, 1.165) is 46.4 Å². The fraction of sp³-hybridized carbons (Fsp3) is 0.0952. The second-order valence-electron chi connectivity index (χ2n) is 5.77. The van der Waals surface area contributed by atoms with Crippen molar-refractivity contribution in [3.05, 3.63) is 101 Å². The van der Waals surface area contributed by atoms with Crippen molar-refractivity contribution in [2.75, 3.05) is 0 Å². The van der Waals surface area contributed by atoms with E-state index in [0.29, 0.717) is 0 Å². The summed E-state index contributed by atoms with van der Waals surface area (Å²) in [5.41, 5.74) is 6.61. The lowest BCUT2D eigenvalue weighted by Crippen LogP contribution is -1.95. The molecular formula is C21H16FN. The number of rotatable bonds is 1. The molecule has 0 unspecified atom stereocenters. The van der Waals surface area contributed by atoms with E-state index in [9.17, 15) is 4.39 Å². The van der Waals surface area contributed by atoms with Crippen LogP contribution in [0.1, 0.15) is 27.9 Å². The van der Waals surface area contributed by atoms with Gasteiger partial charge < -0.3 is 0 Å². The molecule has 2 heteroatoms.